The Bertz CT molecular complexity index is 1170. The lowest BCUT2D eigenvalue weighted by Crippen LogP contribution is -2.30. The molecule has 3 rings (SSSR count). The molecule has 1 amide bonds. The summed E-state index contributed by atoms with van der Waals surface area (Å²) in [7, 11) is -3.47. The number of carbonyl (C=O) groups is 1. The number of nitrogens with one attached hydrogen (secondary N) is 1. The van der Waals surface area contributed by atoms with Gasteiger partial charge in [-0.05, 0) is 60.2 Å². The van der Waals surface area contributed by atoms with E-state index in [1.807, 2.05) is 50.2 Å². The maximum Gasteiger partial charge on any atom is 0.251 e. The summed E-state index contributed by atoms with van der Waals surface area (Å²) in [5.74, 6) is 0.0640. The van der Waals surface area contributed by atoms with Crippen molar-refractivity contribution in [2.24, 2.45) is 0 Å². The summed E-state index contributed by atoms with van der Waals surface area (Å²) in [6, 6.07) is 22.9. The second kappa shape index (κ2) is 10.0. The van der Waals surface area contributed by atoms with Gasteiger partial charge in [-0.15, -0.1) is 0 Å². The number of hydrogen-bond donors (Lipinski definition) is 1. The molecule has 0 unspecified atom stereocenters. The van der Waals surface area contributed by atoms with Crippen molar-refractivity contribution in [1.82, 2.24) is 5.32 Å². The molecule has 168 valence electrons. The molecule has 0 aliphatic carbocycles. The van der Waals surface area contributed by atoms with E-state index in [0.29, 0.717) is 17.8 Å². The number of aryl methyl sites for hydroxylation is 2. The van der Waals surface area contributed by atoms with E-state index >= 15 is 0 Å². The number of rotatable bonds is 8. The molecule has 1 atom stereocenters. The zero-order valence-electron chi connectivity index (χ0n) is 19.0. The maximum atomic E-state index is 12.6. The van der Waals surface area contributed by atoms with Gasteiger partial charge in [0.1, 0.15) is 0 Å². The highest BCUT2D eigenvalue weighted by molar-refractivity contribution is 7.92. The topological polar surface area (TPSA) is 66.5 Å². The van der Waals surface area contributed by atoms with Crippen LogP contribution in [0.25, 0.3) is 0 Å². The van der Waals surface area contributed by atoms with E-state index in [0.717, 1.165) is 16.7 Å². The summed E-state index contributed by atoms with van der Waals surface area (Å²) in [5.41, 5.74) is 5.09. The number of benzene rings is 3. The molecule has 32 heavy (non-hydrogen) atoms. The van der Waals surface area contributed by atoms with Gasteiger partial charge in [-0.1, -0.05) is 61.5 Å². The fraction of sp³-hybridized carbons (Fsp3) is 0.269. The van der Waals surface area contributed by atoms with E-state index in [1.54, 1.807) is 24.3 Å². The first-order valence-electron chi connectivity index (χ1n) is 10.6. The average molecular weight is 451 g/mol. The van der Waals surface area contributed by atoms with Gasteiger partial charge in [0.05, 0.1) is 18.5 Å². The van der Waals surface area contributed by atoms with Gasteiger partial charge >= 0.3 is 0 Å². The lowest BCUT2D eigenvalue weighted by atomic mass is 10.0. The molecule has 3 aromatic rings. The Morgan fingerprint density at radius 3 is 2.25 bits per heavy atom. The Morgan fingerprint density at radius 1 is 0.969 bits per heavy atom. The van der Waals surface area contributed by atoms with Crippen LogP contribution in [0.5, 0.6) is 0 Å². The summed E-state index contributed by atoms with van der Waals surface area (Å²) >= 11 is 0. The summed E-state index contributed by atoms with van der Waals surface area (Å²) in [6.07, 6.45) is 1.21. The highest BCUT2D eigenvalue weighted by Gasteiger charge is 2.20. The van der Waals surface area contributed by atoms with E-state index in [-0.39, 0.29) is 18.4 Å². The van der Waals surface area contributed by atoms with E-state index in [1.165, 1.54) is 16.1 Å². The van der Waals surface area contributed by atoms with Crippen LogP contribution < -0.4 is 9.62 Å². The average Bonchev–Trinajstić information content (AvgIpc) is 2.77. The number of carbonyl (C=O) groups excluding carboxylic acids is 1. The Labute approximate surface area is 191 Å². The van der Waals surface area contributed by atoms with Gasteiger partial charge in [-0.2, -0.15) is 0 Å². The predicted octanol–water partition coefficient (Wildman–Crippen LogP) is 4.80. The molecule has 0 radical (unpaired) electrons. The van der Waals surface area contributed by atoms with E-state index in [9.17, 15) is 13.2 Å². The number of anilines is 1. The molecule has 0 aromatic heterocycles. The SMILES string of the molecule is Cc1ccc(C)c(N(Cc2ccc(C(=O)NC[C@H](C)c3ccccc3)cc2)S(C)(=O)=O)c1. The minimum absolute atomic E-state index is 0.145. The van der Waals surface area contributed by atoms with Gasteiger partial charge in [-0.25, -0.2) is 8.42 Å². The Hall–Kier alpha value is -3.12. The van der Waals surface area contributed by atoms with Crippen molar-refractivity contribution >= 4 is 21.6 Å². The third-order valence-corrected chi connectivity index (χ3v) is 6.64. The molecule has 3 aromatic carbocycles. The molecule has 0 saturated heterocycles. The van der Waals surface area contributed by atoms with Crippen LogP contribution in [0.3, 0.4) is 0 Å². The van der Waals surface area contributed by atoms with Crippen molar-refractivity contribution < 1.29 is 13.2 Å². The molecule has 0 heterocycles. The Kier molecular flexibility index (Phi) is 7.36. The Morgan fingerprint density at radius 2 is 1.62 bits per heavy atom. The number of amides is 1. The van der Waals surface area contributed by atoms with Crippen LogP contribution in [0.15, 0.2) is 72.8 Å². The number of sulfonamides is 1. The standard InChI is InChI=1S/C26H30N2O3S/c1-19-10-11-20(2)25(16-19)28(32(4,30)31)18-22-12-14-24(15-13-22)26(29)27-17-21(3)23-8-6-5-7-9-23/h5-16,21H,17-18H2,1-4H3,(H,27,29)/t21-/m0/s1. The third kappa shape index (κ3) is 5.98. The monoisotopic (exact) mass is 450 g/mol. The maximum absolute atomic E-state index is 12.6. The lowest BCUT2D eigenvalue weighted by molar-refractivity contribution is 0.0951. The van der Waals surface area contributed by atoms with Crippen LogP contribution in [0, 0.1) is 13.8 Å². The van der Waals surface area contributed by atoms with Crippen LogP contribution in [0.2, 0.25) is 0 Å². The van der Waals surface area contributed by atoms with Gasteiger partial charge in [0.15, 0.2) is 0 Å². The first-order valence-corrected chi connectivity index (χ1v) is 12.5. The summed E-state index contributed by atoms with van der Waals surface area (Å²) in [5, 5.41) is 2.98. The number of nitrogens with zero attached hydrogens (tertiary/aromatic N) is 1. The van der Waals surface area contributed by atoms with Gasteiger partial charge in [0, 0.05) is 12.1 Å². The van der Waals surface area contributed by atoms with Crippen LogP contribution in [0.1, 0.15) is 45.5 Å². The van der Waals surface area contributed by atoms with Crippen molar-refractivity contribution in [2.75, 3.05) is 17.1 Å². The van der Waals surface area contributed by atoms with Crippen LogP contribution in [-0.4, -0.2) is 27.1 Å². The molecule has 0 saturated carbocycles. The third-order valence-electron chi connectivity index (χ3n) is 5.51. The molecule has 0 bridgehead atoms. The van der Waals surface area contributed by atoms with Crippen molar-refractivity contribution in [3.8, 4) is 0 Å². The Balaban J connectivity index is 1.70. The van der Waals surface area contributed by atoms with Gasteiger partial charge in [0.2, 0.25) is 10.0 Å². The lowest BCUT2D eigenvalue weighted by Gasteiger charge is -2.25. The van der Waals surface area contributed by atoms with Gasteiger partial charge in [-0.3, -0.25) is 9.10 Å². The van der Waals surface area contributed by atoms with E-state index in [4.69, 9.17) is 0 Å². The largest absolute Gasteiger partial charge is 0.351 e. The normalized spacial score (nSPS) is 12.2. The van der Waals surface area contributed by atoms with E-state index in [2.05, 4.69) is 24.4 Å². The van der Waals surface area contributed by atoms with Crippen molar-refractivity contribution in [2.45, 2.75) is 33.2 Å². The second-order valence-corrected chi connectivity index (χ2v) is 10.2. The first-order chi connectivity index (χ1) is 15.1. The van der Waals surface area contributed by atoms with Crippen molar-refractivity contribution in [3.63, 3.8) is 0 Å². The van der Waals surface area contributed by atoms with Crippen molar-refractivity contribution in [1.29, 1.82) is 0 Å². The molecule has 1 N–H and O–H groups in total. The highest BCUT2D eigenvalue weighted by atomic mass is 32.2. The molecule has 0 spiro atoms. The fourth-order valence-electron chi connectivity index (χ4n) is 3.54. The van der Waals surface area contributed by atoms with Crippen LogP contribution >= 0.6 is 0 Å². The van der Waals surface area contributed by atoms with Gasteiger partial charge < -0.3 is 5.32 Å². The van der Waals surface area contributed by atoms with Crippen LogP contribution in [-0.2, 0) is 16.6 Å². The fourth-order valence-corrected chi connectivity index (χ4v) is 4.48. The summed E-state index contributed by atoms with van der Waals surface area (Å²) in [4.78, 5) is 12.6. The first kappa shape index (κ1) is 23.5. The minimum Gasteiger partial charge on any atom is -0.351 e. The number of hydrogen-bond acceptors (Lipinski definition) is 3. The van der Waals surface area contributed by atoms with E-state index < -0.39 is 10.0 Å². The zero-order chi connectivity index (χ0) is 23.3. The molecule has 0 aliphatic rings. The van der Waals surface area contributed by atoms with Crippen molar-refractivity contribution in [3.05, 3.63) is 101 Å². The minimum atomic E-state index is -3.47. The van der Waals surface area contributed by atoms with Gasteiger partial charge in [0.25, 0.3) is 5.91 Å². The quantitative estimate of drug-likeness (QED) is 0.536. The summed E-state index contributed by atoms with van der Waals surface area (Å²) < 4.78 is 26.4. The molecule has 6 heteroatoms. The molecule has 0 fully saturated rings. The second-order valence-electron chi connectivity index (χ2n) is 8.28. The summed E-state index contributed by atoms with van der Waals surface area (Å²) in [6.45, 7) is 6.66. The molecular formula is C26H30N2O3S. The molecule has 0 aliphatic heterocycles. The molecule has 5 nitrogen and oxygen atoms in total. The molecular weight excluding hydrogens is 420 g/mol. The highest BCUT2D eigenvalue weighted by Crippen LogP contribution is 2.26. The smallest absolute Gasteiger partial charge is 0.251 e. The van der Waals surface area contributed by atoms with Crippen LogP contribution in [0.4, 0.5) is 5.69 Å². The predicted molar refractivity (Wildman–Crippen MR) is 131 cm³/mol. The zero-order valence-corrected chi connectivity index (χ0v) is 19.8.